The number of H-pyrrole nitrogens is 1. The molecule has 4 heteroatoms. The SMILES string of the molecule is Cc1[nH]ncc1CNCC(O)C1CC1. The lowest BCUT2D eigenvalue weighted by Gasteiger charge is -2.09. The van der Waals surface area contributed by atoms with Crippen molar-refractivity contribution < 1.29 is 5.11 Å². The number of nitrogens with zero attached hydrogens (tertiary/aromatic N) is 1. The Bertz CT molecular complexity index is 293. The third-order valence-electron chi connectivity index (χ3n) is 2.77. The molecule has 1 unspecified atom stereocenters. The lowest BCUT2D eigenvalue weighted by molar-refractivity contribution is 0.148. The van der Waals surface area contributed by atoms with Gasteiger partial charge in [-0.15, -0.1) is 0 Å². The van der Waals surface area contributed by atoms with E-state index in [0.717, 1.165) is 12.2 Å². The van der Waals surface area contributed by atoms with Crippen molar-refractivity contribution >= 4 is 0 Å². The molecule has 1 fully saturated rings. The minimum atomic E-state index is -0.165. The Morgan fingerprint density at radius 2 is 2.50 bits per heavy atom. The largest absolute Gasteiger partial charge is 0.392 e. The Kier molecular flexibility index (Phi) is 2.84. The van der Waals surface area contributed by atoms with Crippen LogP contribution in [0.1, 0.15) is 24.1 Å². The average molecular weight is 195 g/mol. The van der Waals surface area contributed by atoms with E-state index in [9.17, 15) is 5.11 Å². The highest BCUT2D eigenvalue weighted by Gasteiger charge is 2.29. The Morgan fingerprint density at radius 1 is 1.71 bits per heavy atom. The van der Waals surface area contributed by atoms with Crippen LogP contribution >= 0.6 is 0 Å². The molecule has 1 aromatic rings. The van der Waals surface area contributed by atoms with Crippen LogP contribution in [0, 0.1) is 12.8 Å². The summed E-state index contributed by atoms with van der Waals surface area (Å²) in [5.41, 5.74) is 2.27. The van der Waals surface area contributed by atoms with Crippen molar-refractivity contribution in [3.05, 3.63) is 17.5 Å². The summed E-state index contributed by atoms with van der Waals surface area (Å²) in [6.07, 6.45) is 4.04. The second kappa shape index (κ2) is 4.11. The van der Waals surface area contributed by atoms with Crippen molar-refractivity contribution in [2.75, 3.05) is 6.54 Å². The van der Waals surface area contributed by atoms with Crippen LogP contribution in [0.3, 0.4) is 0 Å². The van der Waals surface area contributed by atoms with Gasteiger partial charge in [-0.3, -0.25) is 5.10 Å². The maximum Gasteiger partial charge on any atom is 0.0692 e. The van der Waals surface area contributed by atoms with E-state index in [1.807, 2.05) is 13.1 Å². The molecule has 14 heavy (non-hydrogen) atoms. The highest BCUT2D eigenvalue weighted by atomic mass is 16.3. The standard InChI is InChI=1S/C10H17N3O/c1-7-9(5-12-13-7)4-11-6-10(14)8-2-3-8/h5,8,10-11,14H,2-4,6H2,1H3,(H,12,13). The van der Waals surface area contributed by atoms with Gasteiger partial charge in [0.1, 0.15) is 0 Å². The van der Waals surface area contributed by atoms with Gasteiger partial charge < -0.3 is 10.4 Å². The molecule has 2 rings (SSSR count). The fourth-order valence-electron chi connectivity index (χ4n) is 1.56. The number of nitrogens with one attached hydrogen (secondary N) is 2. The monoisotopic (exact) mass is 195 g/mol. The van der Waals surface area contributed by atoms with Gasteiger partial charge in [0.25, 0.3) is 0 Å². The van der Waals surface area contributed by atoms with Crippen LogP contribution in [-0.2, 0) is 6.54 Å². The first kappa shape index (κ1) is 9.68. The van der Waals surface area contributed by atoms with Gasteiger partial charge in [-0.1, -0.05) is 0 Å². The molecule has 1 saturated carbocycles. The molecule has 4 nitrogen and oxygen atoms in total. The molecular weight excluding hydrogens is 178 g/mol. The van der Waals surface area contributed by atoms with Gasteiger partial charge in [-0.05, 0) is 25.7 Å². The van der Waals surface area contributed by atoms with E-state index >= 15 is 0 Å². The lowest BCUT2D eigenvalue weighted by atomic mass is 10.2. The molecule has 1 aliphatic carbocycles. The summed E-state index contributed by atoms with van der Waals surface area (Å²) in [5, 5.41) is 19.7. The lowest BCUT2D eigenvalue weighted by Crippen LogP contribution is -2.27. The van der Waals surface area contributed by atoms with Gasteiger partial charge in [0.15, 0.2) is 0 Å². The van der Waals surface area contributed by atoms with Crippen LogP contribution in [0.25, 0.3) is 0 Å². The van der Waals surface area contributed by atoms with Gasteiger partial charge in [-0.2, -0.15) is 5.10 Å². The summed E-state index contributed by atoms with van der Waals surface area (Å²) >= 11 is 0. The highest BCUT2D eigenvalue weighted by Crippen LogP contribution is 2.32. The Balaban J connectivity index is 1.69. The summed E-state index contributed by atoms with van der Waals surface area (Å²) in [5.74, 6) is 0.549. The molecule has 0 aromatic carbocycles. The molecule has 0 spiro atoms. The number of aliphatic hydroxyl groups excluding tert-OH is 1. The first-order chi connectivity index (χ1) is 6.77. The van der Waals surface area contributed by atoms with E-state index in [2.05, 4.69) is 15.5 Å². The van der Waals surface area contributed by atoms with Crippen LogP contribution < -0.4 is 5.32 Å². The van der Waals surface area contributed by atoms with Gasteiger partial charge in [-0.25, -0.2) is 0 Å². The van der Waals surface area contributed by atoms with Gasteiger partial charge in [0.05, 0.1) is 12.3 Å². The molecule has 1 heterocycles. The molecule has 1 aromatic heterocycles. The van der Waals surface area contributed by atoms with Crippen molar-refractivity contribution in [3.63, 3.8) is 0 Å². The maximum absolute atomic E-state index is 9.60. The topological polar surface area (TPSA) is 60.9 Å². The van der Waals surface area contributed by atoms with E-state index in [1.165, 1.54) is 18.4 Å². The van der Waals surface area contributed by atoms with E-state index in [-0.39, 0.29) is 6.10 Å². The zero-order valence-electron chi connectivity index (χ0n) is 8.45. The Labute approximate surface area is 83.7 Å². The quantitative estimate of drug-likeness (QED) is 0.644. The predicted molar refractivity (Wildman–Crippen MR) is 53.8 cm³/mol. The summed E-state index contributed by atoms with van der Waals surface area (Å²) in [6, 6.07) is 0. The molecule has 0 radical (unpaired) electrons. The predicted octanol–water partition coefficient (Wildman–Crippen LogP) is 0.579. The van der Waals surface area contributed by atoms with Crippen molar-refractivity contribution in [3.8, 4) is 0 Å². The van der Waals surface area contributed by atoms with Crippen molar-refractivity contribution in [1.82, 2.24) is 15.5 Å². The van der Waals surface area contributed by atoms with E-state index < -0.39 is 0 Å². The van der Waals surface area contributed by atoms with Crippen LogP contribution in [0.2, 0.25) is 0 Å². The average Bonchev–Trinajstić information content (AvgIpc) is 2.93. The van der Waals surface area contributed by atoms with Crippen LogP contribution in [0.4, 0.5) is 0 Å². The summed E-state index contributed by atoms with van der Waals surface area (Å²) in [6.45, 7) is 3.47. The third-order valence-corrected chi connectivity index (χ3v) is 2.77. The number of aromatic nitrogens is 2. The smallest absolute Gasteiger partial charge is 0.0692 e. The number of hydrogen-bond acceptors (Lipinski definition) is 3. The summed E-state index contributed by atoms with van der Waals surface area (Å²) in [7, 11) is 0. The molecule has 1 atom stereocenters. The molecule has 0 aliphatic heterocycles. The van der Waals surface area contributed by atoms with Gasteiger partial charge in [0.2, 0.25) is 0 Å². The summed E-state index contributed by atoms with van der Waals surface area (Å²) < 4.78 is 0. The maximum atomic E-state index is 9.60. The third kappa shape index (κ3) is 2.33. The zero-order chi connectivity index (χ0) is 9.97. The van der Waals surface area contributed by atoms with Crippen LogP contribution in [0.5, 0.6) is 0 Å². The first-order valence-corrected chi connectivity index (χ1v) is 5.15. The van der Waals surface area contributed by atoms with Crippen molar-refractivity contribution in [2.24, 2.45) is 5.92 Å². The zero-order valence-corrected chi connectivity index (χ0v) is 8.45. The molecule has 1 aliphatic rings. The molecule has 78 valence electrons. The summed E-state index contributed by atoms with van der Waals surface area (Å²) in [4.78, 5) is 0. The number of aryl methyl sites for hydroxylation is 1. The van der Waals surface area contributed by atoms with Crippen LogP contribution in [-0.4, -0.2) is 28.0 Å². The van der Waals surface area contributed by atoms with Crippen LogP contribution in [0.15, 0.2) is 6.20 Å². The van der Waals surface area contributed by atoms with Gasteiger partial charge >= 0.3 is 0 Å². The van der Waals surface area contributed by atoms with Gasteiger partial charge in [0, 0.05) is 24.3 Å². The number of aliphatic hydroxyl groups is 1. The molecule has 3 N–H and O–H groups in total. The van der Waals surface area contributed by atoms with Crippen molar-refractivity contribution in [2.45, 2.75) is 32.4 Å². The van der Waals surface area contributed by atoms with E-state index in [4.69, 9.17) is 0 Å². The molecule has 0 bridgehead atoms. The van der Waals surface area contributed by atoms with Crippen molar-refractivity contribution in [1.29, 1.82) is 0 Å². The Morgan fingerprint density at radius 3 is 3.07 bits per heavy atom. The Hall–Kier alpha value is -0.870. The molecule has 0 saturated heterocycles. The fraction of sp³-hybridized carbons (Fsp3) is 0.700. The number of aromatic amines is 1. The van der Waals surface area contributed by atoms with E-state index in [0.29, 0.717) is 12.5 Å². The molecular formula is C10H17N3O. The first-order valence-electron chi connectivity index (χ1n) is 5.15. The minimum absolute atomic E-state index is 0.165. The minimum Gasteiger partial charge on any atom is -0.392 e. The van der Waals surface area contributed by atoms with E-state index in [1.54, 1.807) is 0 Å². The molecule has 0 amide bonds. The second-order valence-electron chi connectivity index (χ2n) is 4.06. The number of rotatable bonds is 5. The highest BCUT2D eigenvalue weighted by molar-refractivity contribution is 5.13. The number of hydrogen-bond donors (Lipinski definition) is 3. The normalized spacial score (nSPS) is 18.4. The fourth-order valence-corrected chi connectivity index (χ4v) is 1.56. The second-order valence-corrected chi connectivity index (χ2v) is 4.06.